The third kappa shape index (κ3) is 8.87. The van der Waals surface area contributed by atoms with Crippen LogP contribution in [0.25, 0.3) is 0 Å². The molecular formula is C44H54ClN9O6. The summed E-state index contributed by atoms with van der Waals surface area (Å²) in [5, 5.41) is 16.4. The molecule has 4 fully saturated rings. The number of carbonyl (C=O) groups excluding carboxylic acids is 4. The molecule has 2 aromatic carbocycles. The highest BCUT2D eigenvalue weighted by atomic mass is 35.5. The number of nitrogens with zero attached hydrogens (tertiary/aromatic N) is 6. The normalized spacial score (nSPS) is 23.8. The second kappa shape index (κ2) is 17.7. The Bertz CT molecular complexity index is 2100. The number of rotatable bonds is 14. The van der Waals surface area contributed by atoms with E-state index in [9.17, 15) is 24.4 Å². The number of piperazine rings is 1. The monoisotopic (exact) mass is 839 g/mol. The lowest BCUT2D eigenvalue weighted by Gasteiger charge is -2.63. The van der Waals surface area contributed by atoms with Gasteiger partial charge in [-0.1, -0.05) is 51.4 Å². The van der Waals surface area contributed by atoms with E-state index in [0.29, 0.717) is 28.5 Å². The number of imide groups is 1. The Labute approximate surface area is 356 Å². The molecule has 60 heavy (non-hydrogen) atoms. The van der Waals surface area contributed by atoms with Crippen LogP contribution in [-0.4, -0.2) is 108 Å². The van der Waals surface area contributed by atoms with Crippen LogP contribution in [-0.2, 0) is 9.59 Å². The third-order valence-corrected chi connectivity index (χ3v) is 12.7. The number of nitrogens with one attached hydrogen (secondary N) is 3. The van der Waals surface area contributed by atoms with Gasteiger partial charge in [-0.25, -0.2) is 20.2 Å². The van der Waals surface area contributed by atoms with Gasteiger partial charge in [-0.2, -0.15) is 5.26 Å². The topological polar surface area (TPSA) is 172 Å². The van der Waals surface area contributed by atoms with Crippen LogP contribution >= 0.6 is 11.6 Å². The number of hydrazine groups is 1. The molecule has 4 heterocycles. The van der Waals surface area contributed by atoms with Gasteiger partial charge in [0.15, 0.2) is 0 Å². The lowest BCUT2D eigenvalue weighted by Crippen LogP contribution is -2.74. The van der Waals surface area contributed by atoms with Crippen molar-refractivity contribution in [2.45, 2.75) is 84.2 Å². The zero-order valence-electron chi connectivity index (χ0n) is 34.9. The Hall–Kier alpha value is -5.43. The van der Waals surface area contributed by atoms with Crippen molar-refractivity contribution in [3.8, 4) is 17.6 Å². The van der Waals surface area contributed by atoms with Crippen LogP contribution < -0.4 is 30.4 Å². The first-order chi connectivity index (χ1) is 28.7. The van der Waals surface area contributed by atoms with Gasteiger partial charge in [-0.3, -0.25) is 24.6 Å². The zero-order valence-corrected chi connectivity index (χ0v) is 35.6. The SMILES string of the molecule is CN1C(=O)N(C2CCC(=O)NC2=O)NC1c1ccc(OCCCCCN2CCN(c3ccc(C(=O)NC4C(C)(C)C(Oc5ccc(C#N)c(Cl)c5)C4(C)C)cn3)CC2)cc1. The first kappa shape index (κ1) is 42.7. The third-order valence-electron chi connectivity index (χ3n) is 12.4. The number of pyridine rings is 1. The summed E-state index contributed by atoms with van der Waals surface area (Å²) in [5.74, 6) is 1.25. The summed E-state index contributed by atoms with van der Waals surface area (Å²) in [7, 11) is 1.68. The van der Waals surface area contributed by atoms with Crippen molar-refractivity contribution in [1.29, 1.82) is 5.26 Å². The standard InChI is InChI=1S/C44H54ClN9O6/c1-43(2)40(44(3,4)41(43)60-32-15-11-29(26-46)33(45)25-32)49-38(56)30-12-17-35(47-27-30)53-22-20-52(21-23-53)19-7-6-8-24-59-31-13-9-28(10-14-31)37-50-54(42(58)51(37)5)34-16-18-36(55)48-39(34)57/h9-15,17,25,27,34,37,40-41,50H,6-8,16,18-24H2,1-5H3,(H,49,56)(H,48,55,57). The van der Waals surface area contributed by atoms with Crippen LogP contribution in [0.2, 0.25) is 5.02 Å². The van der Waals surface area contributed by atoms with Gasteiger partial charge >= 0.3 is 6.03 Å². The summed E-state index contributed by atoms with van der Waals surface area (Å²) in [6.07, 6.45) is 4.57. The number of aromatic nitrogens is 1. The van der Waals surface area contributed by atoms with Gasteiger partial charge in [0.25, 0.3) is 11.8 Å². The van der Waals surface area contributed by atoms with E-state index in [1.807, 2.05) is 36.4 Å². The van der Waals surface area contributed by atoms with Crippen molar-refractivity contribution in [3.05, 3.63) is 82.5 Å². The molecule has 4 aliphatic rings. The number of piperidine rings is 1. The van der Waals surface area contributed by atoms with Crippen molar-refractivity contribution >= 4 is 41.2 Å². The van der Waals surface area contributed by atoms with E-state index >= 15 is 0 Å². The van der Waals surface area contributed by atoms with E-state index < -0.39 is 18.1 Å². The van der Waals surface area contributed by atoms with Crippen LogP contribution in [0.1, 0.15) is 87.4 Å². The molecule has 1 aliphatic carbocycles. The number of ether oxygens (including phenoxy) is 2. The van der Waals surface area contributed by atoms with Crippen molar-refractivity contribution in [1.82, 2.24) is 35.9 Å². The summed E-state index contributed by atoms with van der Waals surface area (Å²) >= 11 is 6.24. The largest absolute Gasteiger partial charge is 0.494 e. The molecular weight excluding hydrogens is 786 g/mol. The number of hydrogen-bond donors (Lipinski definition) is 3. The quantitative estimate of drug-likeness (QED) is 0.143. The molecule has 3 saturated heterocycles. The highest BCUT2D eigenvalue weighted by Gasteiger charge is 2.64. The van der Waals surface area contributed by atoms with Crippen LogP contribution in [0.4, 0.5) is 10.6 Å². The number of carbonyl (C=O) groups is 4. The first-order valence-corrected chi connectivity index (χ1v) is 21.0. The Balaban J connectivity index is 0.786. The van der Waals surface area contributed by atoms with Gasteiger partial charge < -0.3 is 24.6 Å². The van der Waals surface area contributed by atoms with Crippen molar-refractivity contribution < 1.29 is 28.7 Å². The van der Waals surface area contributed by atoms with Gasteiger partial charge in [-0.15, -0.1) is 0 Å². The van der Waals surface area contributed by atoms with E-state index in [4.69, 9.17) is 21.1 Å². The molecule has 16 heteroatoms. The highest BCUT2D eigenvalue weighted by molar-refractivity contribution is 6.31. The predicted molar refractivity (Wildman–Crippen MR) is 225 cm³/mol. The second-order valence-electron chi connectivity index (χ2n) is 17.3. The Morgan fingerprint density at radius 1 is 0.967 bits per heavy atom. The summed E-state index contributed by atoms with van der Waals surface area (Å²) in [5.41, 5.74) is 4.18. The molecule has 2 unspecified atom stereocenters. The fourth-order valence-electron chi connectivity index (χ4n) is 9.27. The highest BCUT2D eigenvalue weighted by Crippen LogP contribution is 2.55. The van der Waals surface area contributed by atoms with Crippen molar-refractivity contribution in [2.24, 2.45) is 10.8 Å². The fraction of sp³-hybridized carbons (Fsp3) is 0.500. The maximum Gasteiger partial charge on any atom is 0.336 e. The molecule has 2 atom stereocenters. The molecule has 3 aliphatic heterocycles. The molecule has 0 bridgehead atoms. The number of anilines is 1. The summed E-state index contributed by atoms with van der Waals surface area (Å²) < 4.78 is 12.4. The number of benzene rings is 2. The molecule has 3 aromatic rings. The fourth-order valence-corrected chi connectivity index (χ4v) is 9.49. The molecule has 7 rings (SSSR count). The Kier molecular flexibility index (Phi) is 12.6. The van der Waals surface area contributed by atoms with E-state index in [0.717, 1.165) is 69.1 Å². The smallest absolute Gasteiger partial charge is 0.336 e. The van der Waals surface area contributed by atoms with Crippen molar-refractivity contribution in [2.75, 3.05) is 51.3 Å². The minimum absolute atomic E-state index is 0.143. The van der Waals surface area contributed by atoms with Gasteiger partial charge in [0.05, 0.1) is 22.8 Å². The molecule has 1 aromatic heterocycles. The lowest BCUT2D eigenvalue weighted by atomic mass is 9.49. The van der Waals surface area contributed by atoms with Crippen LogP contribution in [0.3, 0.4) is 0 Å². The first-order valence-electron chi connectivity index (χ1n) is 20.7. The van der Waals surface area contributed by atoms with Gasteiger partial charge in [-0.05, 0) is 74.2 Å². The summed E-state index contributed by atoms with van der Waals surface area (Å²) in [6, 6.07) is 17.3. The van der Waals surface area contributed by atoms with E-state index in [1.54, 1.807) is 36.3 Å². The number of halogens is 1. The minimum atomic E-state index is -0.736. The van der Waals surface area contributed by atoms with Gasteiger partial charge in [0.1, 0.15) is 41.7 Å². The number of urea groups is 1. The van der Waals surface area contributed by atoms with Crippen LogP contribution in [0.15, 0.2) is 60.8 Å². The molecule has 0 spiro atoms. The second-order valence-corrected chi connectivity index (χ2v) is 17.7. The molecule has 0 radical (unpaired) electrons. The van der Waals surface area contributed by atoms with Gasteiger partial charge in [0, 0.05) is 68.8 Å². The van der Waals surface area contributed by atoms with Crippen molar-refractivity contribution in [3.63, 3.8) is 0 Å². The maximum absolute atomic E-state index is 13.4. The Morgan fingerprint density at radius 2 is 1.68 bits per heavy atom. The molecule has 1 saturated carbocycles. The number of nitriles is 1. The minimum Gasteiger partial charge on any atom is -0.494 e. The number of amides is 5. The predicted octanol–water partition coefficient (Wildman–Crippen LogP) is 5.27. The molecule has 15 nitrogen and oxygen atoms in total. The van der Waals surface area contributed by atoms with Crippen LogP contribution in [0.5, 0.6) is 11.5 Å². The summed E-state index contributed by atoms with van der Waals surface area (Å²) in [6.45, 7) is 13.6. The number of hydrogen-bond acceptors (Lipinski definition) is 11. The zero-order chi connectivity index (χ0) is 42.8. The Morgan fingerprint density at radius 3 is 2.33 bits per heavy atom. The summed E-state index contributed by atoms with van der Waals surface area (Å²) in [4.78, 5) is 61.2. The van der Waals surface area contributed by atoms with E-state index in [2.05, 4.69) is 64.6 Å². The average molecular weight is 840 g/mol. The van der Waals surface area contributed by atoms with E-state index in [-0.39, 0.29) is 53.7 Å². The average Bonchev–Trinajstić information content (AvgIpc) is 3.53. The maximum atomic E-state index is 13.4. The number of unbranched alkanes of at least 4 members (excludes halogenated alkanes) is 2. The van der Waals surface area contributed by atoms with E-state index in [1.165, 1.54) is 5.01 Å². The lowest BCUT2D eigenvalue weighted by molar-refractivity contribution is -0.164. The molecule has 3 N–H and O–H groups in total. The van der Waals surface area contributed by atoms with Crippen LogP contribution in [0, 0.1) is 22.2 Å². The molecule has 5 amide bonds. The van der Waals surface area contributed by atoms with Gasteiger partial charge in [0.2, 0.25) is 5.91 Å². The molecule has 318 valence electrons.